The Labute approximate surface area is 189 Å². The molecule has 1 atom stereocenters. The molecule has 0 saturated carbocycles. The van der Waals surface area contributed by atoms with Gasteiger partial charge in [0.2, 0.25) is 5.91 Å². The molecule has 0 radical (unpaired) electrons. The van der Waals surface area contributed by atoms with Crippen molar-refractivity contribution < 1.29 is 14.3 Å². The lowest BCUT2D eigenvalue weighted by Gasteiger charge is -2.32. The molecule has 0 aliphatic rings. The molecule has 0 saturated heterocycles. The second-order valence-electron chi connectivity index (χ2n) is 7.81. The summed E-state index contributed by atoms with van der Waals surface area (Å²) >= 11 is 6.12. The van der Waals surface area contributed by atoms with E-state index in [9.17, 15) is 9.59 Å². The average Bonchev–Trinajstić information content (AvgIpc) is 2.77. The van der Waals surface area contributed by atoms with Crippen molar-refractivity contribution in [1.29, 1.82) is 0 Å². The molecular formula is C25H29ClN2O3. The number of ether oxygens (including phenoxy) is 1. The maximum Gasteiger partial charge on any atom is 0.328 e. The molecule has 0 bridgehead atoms. The van der Waals surface area contributed by atoms with Crippen LogP contribution in [0.1, 0.15) is 45.6 Å². The number of rotatable bonds is 9. The quantitative estimate of drug-likeness (QED) is 0.341. The van der Waals surface area contributed by atoms with E-state index in [1.165, 1.54) is 7.11 Å². The summed E-state index contributed by atoms with van der Waals surface area (Å²) in [4.78, 5) is 30.6. The second kappa shape index (κ2) is 11.5. The normalized spacial score (nSPS) is 11.6. The van der Waals surface area contributed by atoms with Crippen molar-refractivity contribution in [2.24, 2.45) is 5.92 Å². The standard InChI is InChI=1S/C25H29ClN2O3/c1-6-7-8-23(29)28(24(17(2)3)25(30)31-5)16-18-9-11-19(12-10-18)21-15-20(26)13-14-22(21)27-4/h9-15,17,24H,6-8,16H2,1-3,5H3/t24-/m0/s1. The Kier molecular flexibility index (Phi) is 9.08. The molecule has 2 rings (SSSR count). The van der Waals surface area contributed by atoms with Gasteiger partial charge < -0.3 is 9.64 Å². The van der Waals surface area contributed by atoms with Crippen molar-refractivity contribution in [1.82, 2.24) is 4.90 Å². The Balaban J connectivity index is 2.34. The van der Waals surface area contributed by atoms with E-state index in [0.29, 0.717) is 23.7 Å². The first kappa shape index (κ1) is 24.4. The molecule has 0 spiro atoms. The van der Waals surface area contributed by atoms with Gasteiger partial charge in [-0.05, 0) is 35.1 Å². The van der Waals surface area contributed by atoms with E-state index in [1.807, 2.05) is 45.0 Å². The summed E-state index contributed by atoms with van der Waals surface area (Å²) in [7, 11) is 1.35. The number of benzene rings is 2. The molecule has 5 nitrogen and oxygen atoms in total. The smallest absolute Gasteiger partial charge is 0.328 e. The third-order valence-corrected chi connectivity index (χ3v) is 5.41. The summed E-state index contributed by atoms with van der Waals surface area (Å²) in [6, 6.07) is 12.2. The van der Waals surface area contributed by atoms with Crippen LogP contribution in [-0.2, 0) is 20.9 Å². The minimum Gasteiger partial charge on any atom is -0.467 e. The van der Waals surface area contributed by atoms with E-state index in [2.05, 4.69) is 4.85 Å². The van der Waals surface area contributed by atoms with Gasteiger partial charge in [0.05, 0.1) is 13.7 Å². The number of amides is 1. The van der Waals surface area contributed by atoms with Gasteiger partial charge in [0.25, 0.3) is 0 Å². The predicted octanol–water partition coefficient (Wildman–Crippen LogP) is 6.27. The lowest BCUT2D eigenvalue weighted by Crippen LogP contribution is -2.48. The van der Waals surface area contributed by atoms with Crippen LogP contribution in [0.5, 0.6) is 0 Å². The van der Waals surface area contributed by atoms with Crippen LogP contribution < -0.4 is 0 Å². The van der Waals surface area contributed by atoms with Crippen molar-refractivity contribution >= 4 is 29.2 Å². The fourth-order valence-corrected chi connectivity index (χ4v) is 3.69. The fraction of sp³-hybridized carbons (Fsp3) is 0.400. The van der Waals surface area contributed by atoms with E-state index in [1.54, 1.807) is 23.1 Å². The van der Waals surface area contributed by atoms with Crippen molar-refractivity contribution in [3.05, 3.63) is 64.5 Å². The summed E-state index contributed by atoms with van der Waals surface area (Å²) in [5.74, 6) is -0.540. The van der Waals surface area contributed by atoms with Gasteiger partial charge in [0, 0.05) is 18.0 Å². The Morgan fingerprint density at radius 3 is 2.39 bits per heavy atom. The topological polar surface area (TPSA) is 51.0 Å². The van der Waals surface area contributed by atoms with E-state index >= 15 is 0 Å². The Bertz CT molecular complexity index is 948. The number of unbranched alkanes of at least 4 members (excludes halogenated alkanes) is 1. The number of hydrogen-bond acceptors (Lipinski definition) is 3. The number of hydrogen-bond donors (Lipinski definition) is 0. The molecule has 6 heteroatoms. The van der Waals surface area contributed by atoms with Crippen LogP contribution >= 0.6 is 11.6 Å². The fourth-order valence-electron chi connectivity index (χ4n) is 3.52. The highest BCUT2D eigenvalue weighted by molar-refractivity contribution is 6.31. The van der Waals surface area contributed by atoms with Gasteiger partial charge in [-0.15, -0.1) is 0 Å². The van der Waals surface area contributed by atoms with E-state index in [-0.39, 0.29) is 11.8 Å². The van der Waals surface area contributed by atoms with E-state index < -0.39 is 12.0 Å². The number of esters is 1. The largest absolute Gasteiger partial charge is 0.467 e. The highest BCUT2D eigenvalue weighted by Gasteiger charge is 2.33. The molecule has 0 N–H and O–H groups in total. The molecule has 31 heavy (non-hydrogen) atoms. The highest BCUT2D eigenvalue weighted by atomic mass is 35.5. The average molecular weight is 441 g/mol. The summed E-state index contributed by atoms with van der Waals surface area (Å²) in [5, 5.41) is 0.567. The van der Waals surface area contributed by atoms with Crippen molar-refractivity contribution in [2.45, 2.75) is 52.6 Å². The van der Waals surface area contributed by atoms with E-state index in [4.69, 9.17) is 22.9 Å². The molecule has 164 valence electrons. The van der Waals surface area contributed by atoms with Crippen LogP contribution in [0.3, 0.4) is 0 Å². The molecule has 2 aromatic carbocycles. The zero-order valence-electron chi connectivity index (χ0n) is 18.5. The number of halogens is 1. The molecular weight excluding hydrogens is 412 g/mol. The predicted molar refractivity (Wildman–Crippen MR) is 124 cm³/mol. The third-order valence-electron chi connectivity index (χ3n) is 5.17. The van der Waals surface area contributed by atoms with Gasteiger partial charge >= 0.3 is 5.97 Å². The van der Waals surface area contributed by atoms with Crippen LogP contribution in [0, 0.1) is 12.5 Å². The first-order valence-electron chi connectivity index (χ1n) is 10.5. The van der Waals surface area contributed by atoms with Gasteiger partial charge in [-0.3, -0.25) is 4.79 Å². The van der Waals surface area contributed by atoms with Crippen LogP contribution in [-0.4, -0.2) is 29.9 Å². The van der Waals surface area contributed by atoms with Gasteiger partial charge in [0.15, 0.2) is 5.69 Å². The molecule has 0 fully saturated rings. The minimum atomic E-state index is -0.643. The number of carbonyl (C=O) groups excluding carboxylic acids is 2. The molecule has 1 amide bonds. The summed E-state index contributed by atoms with van der Waals surface area (Å²) in [6.07, 6.45) is 2.07. The Morgan fingerprint density at radius 1 is 1.16 bits per heavy atom. The molecule has 0 aromatic heterocycles. The molecule has 2 aromatic rings. The SMILES string of the molecule is [C-]#[N+]c1ccc(Cl)cc1-c1ccc(CN(C(=O)CCCC)[C@H](C(=O)OC)C(C)C)cc1. The van der Waals surface area contributed by atoms with E-state index in [0.717, 1.165) is 29.5 Å². The monoisotopic (exact) mass is 440 g/mol. The Morgan fingerprint density at radius 2 is 1.84 bits per heavy atom. The molecule has 0 heterocycles. The van der Waals surface area contributed by atoms with Gasteiger partial charge in [-0.1, -0.05) is 75.2 Å². The lowest BCUT2D eigenvalue weighted by molar-refractivity contribution is -0.155. The van der Waals surface area contributed by atoms with Gasteiger partial charge in [-0.25, -0.2) is 9.64 Å². The minimum absolute atomic E-state index is 0.0554. The molecule has 0 unspecified atom stereocenters. The number of nitrogens with zero attached hydrogens (tertiary/aromatic N) is 2. The maximum absolute atomic E-state index is 13.0. The maximum atomic E-state index is 13.0. The lowest BCUT2D eigenvalue weighted by atomic mass is 9.99. The van der Waals surface area contributed by atoms with Gasteiger partial charge in [0.1, 0.15) is 6.04 Å². The first-order valence-corrected chi connectivity index (χ1v) is 10.8. The first-order chi connectivity index (χ1) is 14.8. The van der Waals surface area contributed by atoms with Crippen LogP contribution in [0.25, 0.3) is 16.0 Å². The van der Waals surface area contributed by atoms with Crippen LogP contribution in [0.4, 0.5) is 5.69 Å². The third kappa shape index (κ3) is 6.32. The second-order valence-corrected chi connectivity index (χ2v) is 8.24. The van der Waals surface area contributed by atoms with Gasteiger partial charge in [-0.2, -0.15) is 0 Å². The Hall–Kier alpha value is -2.84. The zero-order valence-corrected chi connectivity index (χ0v) is 19.3. The van der Waals surface area contributed by atoms with Crippen molar-refractivity contribution in [3.63, 3.8) is 0 Å². The highest BCUT2D eigenvalue weighted by Crippen LogP contribution is 2.33. The van der Waals surface area contributed by atoms with Crippen LogP contribution in [0.15, 0.2) is 42.5 Å². The number of methoxy groups -OCH3 is 1. The number of carbonyl (C=O) groups is 2. The molecule has 0 aliphatic heterocycles. The summed E-state index contributed by atoms with van der Waals surface area (Å²) < 4.78 is 4.99. The van der Waals surface area contributed by atoms with Crippen molar-refractivity contribution in [2.75, 3.05) is 7.11 Å². The summed E-state index contributed by atoms with van der Waals surface area (Å²) in [5.41, 5.74) is 3.06. The van der Waals surface area contributed by atoms with Crippen molar-refractivity contribution in [3.8, 4) is 11.1 Å². The summed E-state index contributed by atoms with van der Waals surface area (Å²) in [6.45, 7) is 13.5. The van der Waals surface area contributed by atoms with Crippen LogP contribution in [0.2, 0.25) is 5.02 Å². The zero-order chi connectivity index (χ0) is 23.0. The molecule has 0 aliphatic carbocycles.